The molecule has 0 spiro atoms. The molecule has 1 fully saturated rings. The van der Waals surface area contributed by atoms with Crippen LogP contribution in [0.25, 0.3) is 10.2 Å². The Morgan fingerprint density at radius 3 is 2.71 bits per heavy atom. The van der Waals surface area contributed by atoms with Crippen molar-refractivity contribution < 1.29 is 4.79 Å². The molecule has 1 aliphatic carbocycles. The fourth-order valence-electron chi connectivity index (χ4n) is 3.40. The van der Waals surface area contributed by atoms with Gasteiger partial charge in [0.05, 0.1) is 16.8 Å². The van der Waals surface area contributed by atoms with E-state index in [1.165, 1.54) is 24.2 Å². The van der Waals surface area contributed by atoms with Gasteiger partial charge in [-0.1, -0.05) is 12.8 Å². The number of aromatic nitrogens is 2. The largest absolute Gasteiger partial charge is 0.397 e. The van der Waals surface area contributed by atoms with Gasteiger partial charge in [0, 0.05) is 19.6 Å². The Hall–Kier alpha value is -1.56. The van der Waals surface area contributed by atoms with Crippen LogP contribution in [0.1, 0.15) is 48.0 Å². The molecule has 0 aromatic carbocycles. The minimum Gasteiger partial charge on any atom is -0.397 e. The lowest BCUT2D eigenvalue weighted by Gasteiger charge is -2.27. The Morgan fingerprint density at radius 1 is 1.48 bits per heavy atom. The number of rotatable bonds is 3. The maximum Gasteiger partial charge on any atom is 0.266 e. The molecule has 0 saturated heterocycles. The van der Waals surface area contributed by atoms with Gasteiger partial charge >= 0.3 is 0 Å². The molecule has 5 nitrogen and oxygen atoms in total. The van der Waals surface area contributed by atoms with Gasteiger partial charge < -0.3 is 10.6 Å². The van der Waals surface area contributed by atoms with E-state index < -0.39 is 0 Å². The van der Waals surface area contributed by atoms with Gasteiger partial charge in [-0.2, -0.15) is 5.10 Å². The summed E-state index contributed by atoms with van der Waals surface area (Å²) in [6.07, 6.45) is 4.68. The molecule has 114 valence electrons. The molecular formula is C15H22N4OS. The van der Waals surface area contributed by atoms with Crippen LogP contribution in [0, 0.1) is 6.92 Å². The Balaban J connectivity index is 2.00. The highest BCUT2D eigenvalue weighted by Gasteiger charge is 2.29. The average molecular weight is 306 g/mol. The lowest BCUT2D eigenvalue weighted by Crippen LogP contribution is -2.38. The molecule has 21 heavy (non-hydrogen) atoms. The molecule has 0 atom stereocenters. The van der Waals surface area contributed by atoms with Crippen LogP contribution in [-0.2, 0) is 7.05 Å². The van der Waals surface area contributed by atoms with E-state index in [1.807, 2.05) is 30.5 Å². The summed E-state index contributed by atoms with van der Waals surface area (Å²) in [5, 5.41) is 5.31. The topological polar surface area (TPSA) is 64.2 Å². The lowest BCUT2D eigenvalue weighted by atomic mass is 10.2. The summed E-state index contributed by atoms with van der Waals surface area (Å²) in [6, 6.07) is 0.381. The molecule has 0 aliphatic heterocycles. The van der Waals surface area contributed by atoms with E-state index in [0.29, 0.717) is 16.6 Å². The first-order valence-corrected chi connectivity index (χ1v) is 8.38. The minimum atomic E-state index is 0.0856. The first kappa shape index (κ1) is 14.4. The van der Waals surface area contributed by atoms with Gasteiger partial charge in [0.1, 0.15) is 9.71 Å². The molecule has 0 radical (unpaired) electrons. The molecule has 1 aliphatic rings. The Morgan fingerprint density at radius 2 is 2.14 bits per heavy atom. The SMILES string of the molecule is CCN(C(=O)c1sc2c(c(C)nn2C)c1N)C1CCCC1. The second-order valence-electron chi connectivity index (χ2n) is 5.76. The molecule has 0 bridgehead atoms. The Kier molecular flexibility index (Phi) is 3.65. The monoisotopic (exact) mass is 306 g/mol. The van der Waals surface area contributed by atoms with Crippen LogP contribution in [-0.4, -0.2) is 33.2 Å². The van der Waals surface area contributed by atoms with Crippen molar-refractivity contribution in [2.24, 2.45) is 7.05 Å². The van der Waals surface area contributed by atoms with E-state index in [-0.39, 0.29) is 5.91 Å². The zero-order valence-electron chi connectivity index (χ0n) is 12.8. The molecule has 0 unspecified atom stereocenters. The number of thiophene rings is 1. The highest BCUT2D eigenvalue weighted by Crippen LogP contribution is 2.37. The van der Waals surface area contributed by atoms with Gasteiger partial charge in [0.25, 0.3) is 5.91 Å². The fourth-order valence-corrected chi connectivity index (χ4v) is 4.54. The minimum absolute atomic E-state index is 0.0856. The number of hydrogen-bond donors (Lipinski definition) is 1. The normalized spacial score (nSPS) is 16.0. The van der Waals surface area contributed by atoms with Crippen LogP contribution in [0.4, 0.5) is 5.69 Å². The van der Waals surface area contributed by atoms with Gasteiger partial charge in [-0.15, -0.1) is 11.3 Å². The second kappa shape index (κ2) is 5.33. The van der Waals surface area contributed by atoms with Gasteiger partial charge in [-0.05, 0) is 26.7 Å². The molecular weight excluding hydrogens is 284 g/mol. The van der Waals surface area contributed by atoms with Crippen molar-refractivity contribution >= 4 is 33.1 Å². The summed E-state index contributed by atoms with van der Waals surface area (Å²) in [7, 11) is 1.90. The Bertz CT molecular complexity index is 681. The van der Waals surface area contributed by atoms with Crippen molar-refractivity contribution in [3.05, 3.63) is 10.6 Å². The van der Waals surface area contributed by atoms with E-state index in [1.54, 1.807) is 0 Å². The third kappa shape index (κ3) is 2.21. The highest BCUT2D eigenvalue weighted by molar-refractivity contribution is 7.21. The average Bonchev–Trinajstić information content (AvgIpc) is 3.12. The quantitative estimate of drug-likeness (QED) is 0.948. The van der Waals surface area contributed by atoms with Gasteiger partial charge in [0.15, 0.2) is 0 Å². The van der Waals surface area contributed by atoms with Crippen molar-refractivity contribution in [1.29, 1.82) is 0 Å². The van der Waals surface area contributed by atoms with Crippen LogP contribution in [0.15, 0.2) is 0 Å². The van der Waals surface area contributed by atoms with Crippen molar-refractivity contribution in [3.63, 3.8) is 0 Å². The third-order valence-corrected chi connectivity index (χ3v) is 5.70. The number of hydrogen-bond acceptors (Lipinski definition) is 4. The molecule has 2 aromatic rings. The number of carbonyl (C=O) groups is 1. The van der Waals surface area contributed by atoms with Crippen LogP contribution in [0.3, 0.4) is 0 Å². The summed E-state index contributed by atoms with van der Waals surface area (Å²) < 4.78 is 1.81. The summed E-state index contributed by atoms with van der Waals surface area (Å²) in [4.78, 5) is 16.6. The number of nitrogens with zero attached hydrogens (tertiary/aromatic N) is 3. The number of fused-ring (bicyclic) bond motifs is 1. The van der Waals surface area contributed by atoms with Crippen molar-refractivity contribution in [2.45, 2.75) is 45.6 Å². The first-order valence-electron chi connectivity index (χ1n) is 7.57. The van der Waals surface area contributed by atoms with Crippen molar-refractivity contribution in [1.82, 2.24) is 14.7 Å². The second-order valence-corrected chi connectivity index (χ2v) is 6.76. The summed E-state index contributed by atoms with van der Waals surface area (Å²) in [5.74, 6) is 0.0856. The molecule has 1 saturated carbocycles. The van der Waals surface area contributed by atoms with E-state index in [9.17, 15) is 4.79 Å². The summed E-state index contributed by atoms with van der Waals surface area (Å²) >= 11 is 1.47. The lowest BCUT2D eigenvalue weighted by molar-refractivity contribution is 0.0699. The van der Waals surface area contributed by atoms with Gasteiger partial charge in [-0.3, -0.25) is 9.48 Å². The number of carbonyl (C=O) groups excluding carboxylic acids is 1. The molecule has 2 aromatic heterocycles. The number of anilines is 1. The standard InChI is InChI=1S/C15H22N4OS/c1-4-19(10-7-5-6-8-10)14(20)13-12(16)11-9(2)17-18(3)15(11)21-13/h10H,4-8,16H2,1-3H3. The molecule has 3 rings (SSSR count). The van der Waals surface area contributed by atoms with Crippen LogP contribution >= 0.6 is 11.3 Å². The maximum absolute atomic E-state index is 12.9. The van der Waals surface area contributed by atoms with Crippen LogP contribution in [0.5, 0.6) is 0 Å². The zero-order valence-corrected chi connectivity index (χ0v) is 13.7. The van der Waals surface area contributed by atoms with Gasteiger partial charge in [0.2, 0.25) is 0 Å². The fraction of sp³-hybridized carbons (Fsp3) is 0.600. The third-order valence-electron chi connectivity index (χ3n) is 4.44. The van der Waals surface area contributed by atoms with E-state index in [4.69, 9.17) is 5.73 Å². The Labute approximate surface area is 128 Å². The first-order chi connectivity index (χ1) is 10.0. The molecule has 6 heteroatoms. The van der Waals surface area contributed by atoms with Crippen molar-refractivity contribution in [3.8, 4) is 0 Å². The van der Waals surface area contributed by atoms with Gasteiger partial charge in [-0.25, -0.2) is 0 Å². The maximum atomic E-state index is 12.9. The summed E-state index contributed by atoms with van der Waals surface area (Å²) in [5.41, 5.74) is 7.75. The number of nitrogen functional groups attached to an aromatic ring is 1. The number of nitrogens with two attached hydrogens (primary N) is 1. The molecule has 2 N–H and O–H groups in total. The number of amides is 1. The van der Waals surface area contributed by atoms with Crippen LogP contribution in [0.2, 0.25) is 0 Å². The summed E-state index contributed by atoms with van der Waals surface area (Å²) in [6.45, 7) is 4.73. The number of aryl methyl sites for hydroxylation is 2. The van der Waals surface area contributed by atoms with E-state index >= 15 is 0 Å². The van der Waals surface area contributed by atoms with Crippen LogP contribution < -0.4 is 5.73 Å². The predicted octanol–water partition coefficient (Wildman–Crippen LogP) is 2.93. The van der Waals surface area contributed by atoms with E-state index in [2.05, 4.69) is 5.10 Å². The highest BCUT2D eigenvalue weighted by atomic mass is 32.1. The molecule has 2 heterocycles. The van der Waals surface area contributed by atoms with Crippen molar-refractivity contribution in [2.75, 3.05) is 12.3 Å². The zero-order chi connectivity index (χ0) is 15.1. The molecule has 1 amide bonds. The smallest absolute Gasteiger partial charge is 0.266 e. The predicted molar refractivity (Wildman–Crippen MR) is 86.7 cm³/mol. The van der Waals surface area contributed by atoms with E-state index in [0.717, 1.165) is 35.3 Å².